The lowest BCUT2D eigenvalue weighted by molar-refractivity contribution is 0.820. The highest BCUT2D eigenvalue weighted by Crippen LogP contribution is 2.52. The maximum atomic E-state index is 3.14. The number of nitrogens with zero attached hydrogens (tertiary/aromatic N) is 2. The number of para-hydroxylation sites is 1. The number of anilines is 2. The lowest BCUT2D eigenvalue weighted by atomic mass is 9.90. The minimum atomic E-state index is 0.316. The minimum absolute atomic E-state index is 0.316. The predicted octanol–water partition coefficient (Wildman–Crippen LogP) is 12.6. The van der Waals surface area contributed by atoms with Crippen LogP contribution in [0.25, 0.3) is 70.9 Å². The monoisotopic (exact) mass is 634 g/mol. The average molecular weight is 635 g/mol. The van der Waals surface area contributed by atoms with Gasteiger partial charge in [0.15, 0.2) is 0 Å². The molecule has 0 saturated carbocycles. The Bertz CT molecular complexity index is 2870. The summed E-state index contributed by atoms with van der Waals surface area (Å²) in [6.07, 6.45) is 7.85. The first kappa shape index (κ1) is 27.4. The highest BCUT2D eigenvalue weighted by molar-refractivity contribution is 6.25. The maximum Gasteiger partial charge on any atom is 0.0552 e. The molecule has 0 fully saturated rings. The topological polar surface area (TPSA) is 8.17 Å². The van der Waals surface area contributed by atoms with E-state index >= 15 is 0 Å². The van der Waals surface area contributed by atoms with E-state index in [4.69, 9.17) is 0 Å². The Morgan fingerprint density at radius 1 is 0.520 bits per heavy atom. The van der Waals surface area contributed by atoms with E-state index in [1.54, 1.807) is 0 Å². The van der Waals surface area contributed by atoms with Crippen LogP contribution in [-0.2, 0) is 0 Å². The average Bonchev–Trinajstić information content (AvgIpc) is 3.70. The molecule has 9 aromatic rings. The van der Waals surface area contributed by atoms with E-state index in [2.05, 4.69) is 173 Å². The van der Waals surface area contributed by atoms with Crippen LogP contribution in [0, 0.1) is 12.1 Å². The lowest BCUT2D eigenvalue weighted by Gasteiger charge is -2.25. The van der Waals surface area contributed by atoms with E-state index in [-0.39, 0.29) is 0 Å². The molecular formula is C48H30N2. The van der Waals surface area contributed by atoms with Gasteiger partial charge >= 0.3 is 0 Å². The Morgan fingerprint density at radius 2 is 1.20 bits per heavy atom. The van der Waals surface area contributed by atoms with Crippen molar-refractivity contribution >= 4 is 65.5 Å². The molecule has 0 bridgehead atoms. The second kappa shape index (κ2) is 10.5. The predicted molar refractivity (Wildman–Crippen MR) is 210 cm³/mol. The number of benzene rings is 7. The first-order chi connectivity index (χ1) is 24.8. The second-order valence-corrected chi connectivity index (χ2v) is 13.5. The quantitative estimate of drug-likeness (QED) is 0.176. The molecule has 2 nitrogen and oxygen atoms in total. The van der Waals surface area contributed by atoms with Crippen molar-refractivity contribution in [2.45, 2.75) is 12.3 Å². The number of fused-ring (bicyclic) bond motifs is 12. The van der Waals surface area contributed by atoms with Crippen molar-refractivity contribution in [2.24, 2.45) is 0 Å². The van der Waals surface area contributed by atoms with Crippen LogP contribution in [0.15, 0.2) is 170 Å². The zero-order chi connectivity index (χ0) is 32.8. The number of hydrogen-bond acceptors (Lipinski definition) is 1. The second-order valence-electron chi connectivity index (χ2n) is 13.5. The van der Waals surface area contributed by atoms with Gasteiger partial charge in [-0.2, -0.15) is 0 Å². The van der Waals surface area contributed by atoms with Crippen LogP contribution in [0.4, 0.5) is 11.4 Å². The van der Waals surface area contributed by atoms with Gasteiger partial charge in [0.05, 0.1) is 16.7 Å². The summed E-state index contributed by atoms with van der Waals surface area (Å²) in [5.74, 6) is 0.316. The Hall–Kier alpha value is -6.56. The maximum absolute atomic E-state index is 3.14. The Labute approximate surface area is 290 Å². The van der Waals surface area contributed by atoms with Gasteiger partial charge in [-0.3, -0.25) is 0 Å². The molecule has 1 atom stereocenters. The molecule has 11 rings (SSSR count). The van der Waals surface area contributed by atoms with Gasteiger partial charge in [0.2, 0.25) is 0 Å². The fourth-order valence-electron chi connectivity index (χ4n) is 8.72. The zero-order valence-corrected chi connectivity index (χ0v) is 27.3. The van der Waals surface area contributed by atoms with E-state index in [9.17, 15) is 0 Å². The van der Waals surface area contributed by atoms with Crippen molar-refractivity contribution < 1.29 is 0 Å². The molecule has 0 N–H and O–H groups in total. The van der Waals surface area contributed by atoms with E-state index in [0.29, 0.717) is 5.92 Å². The van der Waals surface area contributed by atoms with Crippen LogP contribution in [0.5, 0.6) is 0 Å². The van der Waals surface area contributed by atoms with E-state index in [1.807, 2.05) is 12.1 Å². The first-order valence-corrected chi connectivity index (χ1v) is 17.4. The molecule has 1 aliphatic carbocycles. The van der Waals surface area contributed by atoms with Gasteiger partial charge in [-0.05, 0) is 116 Å². The molecule has 2 heteroatoms. The fraction of sp³-hybridized carbons (Fsp3) is 0.0417. The largest absolute Gasteiger partial charge is 0.313 e. The fourth-order valence-corrected chi connectivity index (χ4v) is 8.72. The van der Waals surface area contributed by atoms with Crippen molar-refractivity contribution in [1.29, 1.82) is 0 Å². The number of hydrogen-bond donors (Lipinski definition) is 0. The summed E-state index contributed by atoms with van der Waals surface area (Å²) in [6.45, 7) is 0. The molecule has 50 heavy (non-hydrogen) atoms. The molecule has 1 unspecified atom stereocenters. The highest BCUT2D eigenvalue weighted by atomic mass is 15.2. The number of rotatable bonds is 3. The van der Waals surface area contributed by atoms with Gasteiger partial charge < -0.3 is 9.47 Å². The molecule has 0 saturated heterocycles. The van der Waals surface area contributed by atoms with Crippen LogP contribution in [0.3, 0.4) is 0 Å². The van der Waals surface area contributed by atoms with Gasteiger partial charge in [-0.1, -0.05) is 109 Å². The first-order valence-electron chi connectivity index (χ1n) is 17.4. The highest BCUT2D eigenvalue weighted by Gasteiger charge is 2.35. The zero-order valence-electron chi connectivity index (χ0n) is 27.3. The summed E-state index contributed by atoms with van der Waals surface area (Å²) in [5, 5.41) is 10.3. The normalized spacial score (nSPS) is 15.2. The molecular weight excluding hydrogens is 605 g/mol. The third-order valence-corrected chi connectivity index (χ3v) is 10.9. The SMILES string of the molecule is c1ccc(-n2c3ccccc3c3cc(-c4ccc5c(c4)C4CC=CC=C4N5c4ccc5c6ccccc6c6ccccc6c5c4)ccc32)cc#1. The molecule has 2 heterocycles. The third-order valence-electron chi connectivity index (χ3n) is 10.9. The van der Waals surface area contributed by atoms with Crippen molar-refractivity contribution in [3.8, 4) is 16.8 Å². The van der Waals surface area contributed by atoms with Crippen molar-refractivity contribution in [1.82, 2.24) is 4.57 Å². The molecule has 232 valence electrons. The van der Waals surface area contributed by atoms with Gasteiger partial charge in [-0.25, -0.2) is 0 Å². The van der Waals surface area contributed by atoms with E-state index in [1.165, 1.54) is 87.9 Å². The lowest BCUT2D eigenvalue weighted by Crippen LogP contribution is -2.14. The Kier molecular flexibility index (Phi) is 5.74. The van der Waals surface area contributed by atoms with E-state index < -0.39 is 0 Å². The van der Waals surface area contributed by atoms with Gasteiger partial charge in [0, 0.05) is 39.8 Å². The Morgan fingerprint density at radius 3 is 1.98 bits per heavy atom. The molecule has 0 amide bonds. The van der Waals surface area contributed by atoms with Crippen LogP contribution in [0.2, 0.25) is 0 Å². The van der Waals surface area contributed by atoms with Crippen molar-refractivity contribution in [3.63, 3.8) is 0 Å². The van der Waals surface area contributed by atoms with Gasteiger partial charge in [-0.15, -0.1) is 0 Å². The standard InChI is InChI=1S/C48H30N2/c1-2-12-33(13-3-1)49-45-20-10-8-18-40(45)43-28-31(22-26-47(43)49)32-23-27-48-44(29-32)41-19-9-11-21-46(41)50(48)34-24-25-39-37-16-5-4-14-35(37)36-15-6-7-17-38(36)42(39)30-34/h2,4-18,20-30,41H,19H2. The van der Waals surface area contributed by atoms with Crippen molar-refractivity contribution in [3.05, 3.63) is 187 Å². The Balaban J connectivity index is 1.07. The minimum Gasteiger partial charge on any atom is -0.313 e. The van der Waals surface area contributed by atoms with Crippen LogP contribution < -0.4 is 4.90 Å². The smallest absolute Gasteiger partial charge is 0.0552 e. The third kappa shape index (κ3) is 3.86. The summed E-state index contributed by atoms with van der Waals surface area (Å²) in [6, 6.07) is 59.7. The van der Waals surface area contributed by atoms with Crippen LogP contribution >= 0.6 is 0 Å². The molecule has 8 aromatic carbocycles. The number of allylic oxidation sites excluding steroid dienone is 4. The van der Waals surface area contributed by atoms with Gasteiger partial charge in [0.25, 0.3) is 0 Å². The molecule has 0 spiro atoms. The summed E-state index contributed by atoms with van der Waals surface area (Å²) < 4.78 is 2.33. The number of aromatic nitrogens is 1. The van der Waals surface area contributed by atoms with Crippen LogP contribution in [0.1, 0.15) is 17.9 Å². The summed E-state index contributed by atoms with van der Waals surface area (Å²) >= 11 is 0. The van der Waals surface area contributed by atoms with E-state index in [0.717, 1.165) is 12.1 Å². The summed E-state index contributed by atoms with van der Waals surface area (Å²) in [4.78, 5) is 2.50. The molecule has 1 aromatic heterocycles. The van der Waals surface area contributed by atoms with Crippen LogP contribution in [-0.4, -0.2) is 4.57 Å². The van der Waals surface area contributed by atoms with Gasteiger partial charge in [0.1, 0.15) is 0 Å². The summed E-state index contributed by atoms with van der Waals surface area (Å²) in [7, 11) is 0. The molecule has 0 radical (unpaired) electrons. The summed E-state index contributed by atoms with van der Waals surface area (Å²) in [5.41, 5.74) is 11.2. The van der Waals surface area contributed by atoms with Crippen molar-refractivity contribution in [2.75, 3.05) is 4.90 Å². The molecule has 1 aliphatic heterocycles. The molecule has 2 aliphatic rings.